The van der Waals surface area contributed by atoms with E-state index >= 15 is 0 Å². The van der Waals surface area contributed by atoms with E-state index in [9.17, 15) is 13.2 Å². The third-order valence-electron chi connectivity index (χ3n) is 1.84. The quantitative estimate of drug-likeness (QED) is 0.804. The lowest BCUT2D eigenvalue weighted by Gasteiger charge is -2.10. The number of ether oxygens (including phenoxy) is 1. The molecule has 8 heteroatoms. The van der Waals surface area contributed by atoms with Gasteiger partial charge < -0.3 is 4.74 Å². The van der Waals surface area contributed by atoms with Crippen molar-refractivity contribution < 1.29 is 17.9 Å². The Hall–Kier alpha value is -1.43. The number of nitriles is 1. The van der Waals surface area contributed by atoms with Gasteiger partial charge in [-0.25, -0.2) is 8.42 Å². The lowest BCUT2D eigenvalue weighted by molar-refractivity contribution is -0.142. The summed E-state index contributed by atoms with van der Waals surface area (Å²) in [6.45, 7) is 1.38. The van der Waals surface area contributed by atoms with Crippen LogP contribution in [-0.2, 0) is 19.6 Å². The first-order valence-electron chi connectivity index (χ1n) is 4.51. The zero-order valence-corrected chi connectivity index (χ0v) is 10.8. The number of carbonyl (C=O) groups excluding carboxylic acids is 1. The van der Waals surface area contributed by atoms with Crippen LogP contribution in [0.4, 0.5) is 0 Å². The molecule has 0 aromatic carbocycles. The number of rotatable bonds is 4. The van der Waals surface area contributed by atoms with Crippen LogP contribution in [0.1, 0.15) is 11.8 Å². The molecule has 1 N–H and O–H groups in total. The lowest BCUT2D eigenvalue weighted by atomic mass is 10.4. The summed E-state index contributed by atoms with van der Waals surface area (Å²) in [5.74, 6) is -0.675. The van der Waals surface area contributed by atoms with Gasteiger partial charge in [-0.2, -0.15) is 9.98 Å². The molecule has 0 saturated carbocycles. The maximum Gasteiger partial charge on any atom is 0.323 e. The van der Waals surface area contributed by atoms with Crippen molar-refractivity contribution >= 4 is 27.3 Å². The number of methoxy groups -OCH3 is 1. The van der Waals surface area contributed by atoms with E-state index < -0.39 is 22.0 Å². The number of nitrogens with zero attached hydrogens (tertiary/aromatic N) is 1. The third kappa shape index (κ3) is 3.26. The van der Waals surface area contributed by atoms with Crippen molar-refractivity contribution in [2.45, 2.75) is 17.2 Å². The van der Waals surface area contributed by atoms with E-state index in [2.05, 4.69) is 9.46 Å². The minimum atomic E-state index is -3.79. The predicted molar refractivity (Wildman–Crippen MR) is 60.8 cm³/mol. The summed E-state index contributed by atoms with van der Waals surface area (Å²) < 4.78 is 30.1. The first-order chi connectivity index (χ1) is 7.90. The Kier molecular flexibility index (Phi) is 4.22. The maximum absolute atomic E-state index is 11.8. The Balaban J connectivity index is 2.90. The van der Waals surface area contributed by atoms with Crippen LogP contribution in [0.3, 0.4) is 0 Å². The highest BCUT2D eigenvalue weighted by Gasteiger charge is 2.23. The molecular weight excluding hydrogens is 264 g/mol. The summed E-state index contributed by atoms with van der Waals surface area (Å²) >= 11 is 0.837. The fourth-order valence-corrected chi connectivity index (χ4v) is 3.35. The molecule has 1 unspecified atom stereocenters. The van der Waals surface area contributed by atoms with E-state index in [0.717, 1.165) is 11.3 Å². The van der Waals surface area contributed by atoms with Gasteiger partial charge in [-0.15, -0.1) is 11.3 Å². The monoisotopic (exact) mass is 274 g/mol. The number of esters is 1. The second-order valence-electron chi connectivity index (χ2n) is 3.10. The topological polar surface area (TPSA) is 96.3 Å². The number of hydrogen-bond donors (Lipinski definition) is 1. The van der Waals surface area contributed by atoms with E-state index in [1.807, 2.05) is 6.07 Å². The Morgan fingerprint density at radius 3 is 2.71 bits per heavy atom. The Bertz CT molecular complexity index is 556. The van der Waals surface area contributed by atoms with Crippen molar-refractivity contribution in [3.8, 4) is 6.07 Å². The summed E-state index contributed by atoms with van der Waals surface area (Å²) in [5, 5.41) is 8.60. The van der Waals surface area contributed by atoms with Crippen LogP contribution in [0, 0.1) is 11.3 Å². The van der Waals surface area contributed by atoms with Crippen molar-refractivity contribution in [2.75, 3.05) is 7.11 Å². The van der Waals surface area contributed by atoms with Gasteiger partial charge in [0.05, 0.1) is 7.11 Å². The minimum absolute atomic E-state index is 0.00944. The van der Waals surface area contributed by atoms with Crippen LogP contribution in [0.15, 0.2) is 16.3 Å². The van der Waals surface area contributed by atoms with Gasteiger partial charge in [0.15, 0.2) is 0 Å². The molecule has 0 aliphatic rings. The van der Waals surface area contributed by atoms with Crippen LogP contribution in [0.25, 0.3) is 0 Å². The Labute approximate surface area is 103 Å². The number of thiophene rings is 1. The number of sulfonamides is 1. The van der Waals surface area contributed by atoms with E-state index in [0.29, 0.717) is 0 Å². The molecule has 1 rings (SSSR count). The van der Waals surface area contributed by atoms with Crippen molar-refractivity contribution in [1.82, 2.24) is 4.72 Å². The summed E-state index contributed by atoms with van der Waals surface area (Å²) in [6, 6.07) is 3.59. The molecule has 1 aromatic rings. The highest BCUT2D eigenvalue weighted by Crippen LogP contribution is 2.20. The smallest absolute Gasteiger partial charge is 0.323 e. The largest absolute Gasteiger partial charge is 0.468 e. The van der Waals surface area contributed by atoms with E-state index in [4.69, 9.17) is 5.26 Å². The van der Waals surface area contributed by atoms with Crippen LogP contribution < -0.4 is 4.72 Å². The molecule has 0 spiro atoms. The molecule has 0 amide bonds. The van der Waals surface area contributed by atoms with Crippen molar-refractivity contribution in [1.29, 1.82) is 5.26 Å². The van der Waals surface area contributed by atoms with Crippen molar-refractivity contribution in [3.63, 3.8) is 0 Å². The summed E-state index contributed by atoms with van der Waals surface area (Å²) in [7, 11) is -2.61. The fraction of sp³-hybridized carbons (Fsp3) is 0.333. The Morgan fingerprint density at radius 1 is 1.59 bits per heavy atom. The normalized spacial score (nSPS) is 12.8. The molecule has 92 valence electrons. The molecule has 0 aliphatic carbocycles. The predicted octanol–water partition coefficient (Wildman–Crippen LogP) is 0.460. The molecule has 6 nitrogen and oxygen atoms in total. The highest BCUT2D eigenvalue weighted by molar-refractivity contribution is 7.91. The van der Waals surface area contributed by atoms with Crippen LogP contribution in [0.5, 0.6) is 0 Å². The first-order valence-corrected chi connectivity index (χ1v) is 6.80. The average molecular weight is 274 g/mol. The molecule has 1 atom stereocenters. The molecule has 0 bridgehead atoms. The second kappa shape index (κ2) is 5.27. The summed E-state index contributed by atoms with van der Waals surface area (Å²) in [6.07, 6.45) is 0. The molecule has 1 heterocycles. The summed E-state index contributed by atoms with van der Waals surface area (Å²) in [4.78, 5) is 11.4. The van der Waals surface area contributed by atoms with Gasteiger partial charge in [-0.05, 0) is 19.1 Å². The molecule has 1 aromatic heterocycles. The Morgan fingerprint density at radius 2 is 2.24 bits per heavy atom. The second-order valence-corrected chi connectivity index (χ2v) is 6.12. The number of hydrogen-bond acceptors (Lipinski definition) is 6. The average Bonchev–Trinajstić information content (AvgIpc) is 2.76. The molecule has 0 radical (unpaired) electrons. The van der Waals surface area contributed by atoms with Crippen LogP contribution >= 0.6 is 11.3 Å². The van der Waals surface area contributed by atoms with Gasteiger partial charge in [-0.1, -0.05) is 0 Å². The zero-order valence-electron chi connectivity index (χ0n) is 9.13. The van der Waals surface area contributed by atoms with Crippen LogP contribution in [-0.4, -0.2) is 27.5 Å². The SMILES string of the molecule is COC(=O)C(C)NS(=O)(=O)c1ccc(C#N)s1. The van der Waals surface area contributed by atoms with Gasteiger partial charge >= 0.3 is 5.97 Å². The van der Waals surface area contributed by atoms with Crippen LogP contribution in [0.2, 0.25) is 0 Å². The van der Waals surface area contributed by atoms with Gasteiger partial charge in [0, 0.05) is 0 Å². The van der Waals surface area contributed by atoms with Gasteiger partial charge in [0.2, 0.25) is 0 Å². The van der Waals surface area contributed by atoms with E-state index in [1.54, 1.807) is 0 Å². The molecule has 0 saturated heterocycles. The number of carbonyl (C=O) groups is 1. The fourth-order valence-electron chi connectivity index (χ4n) is 1.04. The highest BCUT2D eigenvalue weighted by atomic mass is 32.2. The van der Waals surface area contributed by atoms with Crippen molar-refractivity contribution in [2.24, 2.45) is 0 Å². The molecule has 17 heavy (non-hydrogen) atoms. The van der Waals surface area contributed by atoms with Gasteiger partial charge in [-0.3, -0.25) is 4.79 Å². The minimum Gasteiger partial charge on any atom is -0.468 e. The van der Waals surface area contributed by atoms with Gasteiger partial charge in [0.1, 0.15) is 21.2 Å². The van der Waals surface area contributed by atoms with E-state index in [-0.39, 0.29) is 9.09 Å². The zero-order chi connectivity index (χ0) is 13.1. The first kappa shape index (κ1) is 13.6. The molecule has 0 aliphatic heterocycles. The lowest BCUT2D eigenvalue weighted by Crippen LogP contribution is -2.38. The molecular formula is C9H10N2O4S2. The van der Waals surface area contributed by atoms with Gasteiger partial charge in [0.25, 0.3) is 10.0 Å². The molecule has 0 fully saturated rings. The standard InChI is InChI=1S/C9H10N2O4S2/c1-6(9(12)15-2)11-17(13,14)8-4-3-7(5-10)16-8/h3-4,6,11H,1-2H3. The van der Waals surface area contributed by atoms with E-state index in [1.165, 1.54) is 26.2 Å². The third-order valence-corrected chi connectivity index (χ3v) is 4.87. The summed E-state index contributed by atoms with van der Waals surface area (Å²) in [5.41, 5.74) is 0. The number of nitrogens with one attached hydrogen (secondary N) is 1. The maximum atomic E-state index is 11.8. The van der Waals surface area contributed by atoms with Crippen molar-refractivity contribution in [3.05, 3.63) is 17.0 Å².